The van der Waals surface area contributed by atoms with Crippen LogP contribution in [0.4, 0.5) is 5.69 Å². The molecule has 0 saturated carbocycles. The van der Waals surface area contributed by atoms with Crippen LogP contribution in [0.3, 0.4) is 0 Å². The predicted octanol–water partition coefficient (Wildman–Crippen LogP) is 0.0707. The summed E-state index contributed by atoms with van der Waals surface area (Å²) in [5.41, 5.74) is 11.9. The quantitative estimate of drug-likeness (QED) is 0.532. The average Bonchev–Trinajstić information content (AvgIpc) is 2.45. The average molecular weight is 275 g/mol. The number of hydrogen-bond donors (Lipinski definition) is 3. The van der Waals surface area contributed by atoms with Gasteiger partial charge in [0.2, 0.25) is 5.91 Å². The van der Waals surface area contributed by atoms with Crippen molar-refractivity contribution in [2.75, 3.05) is 25.5 Å². The van der Waals surface area contributed by atoms with E-state index in [9.17, 15) is 9.59 Å². The number of anilines is 1. The van der Waals surface area contributed by atoms with E-state index in [0.29, 0.717) is 11.3 Å². The van der Waals surface area contributed by atoms with Gasteiger partial charge in [0, 0.05) is 24.2 Å². The molecule has 6 nitrogen and oxygen atoms in total. The molecule has 0 saturated heterocycles. The number of ether oxygens (including phenoxy) is 1. The Labute approximate surface area is 117 Å². The molecule has 0 bridgehead atoms. The number of carbonyl (C=O) groups is 2. The molecule has 0 aliphatic rings. The SMILES string of the molecule is COC(=O)c1cc(NC(=O)CCN)ccc1C#CCN. The Kier molecular flexibility index (Phi) is 6.23. The number of methoxy groups -OCH3 is 1. The molecule has 1 rings (SSSR count). The van der Waals surface area contributed by atoms with Crippen molar-refractivity contribution in [2.45, 2.75) is 6.42 Å². The number of rotatable bonds is 4. The van der Waals surface area contributed by atoms with Crippen LogP contribution in [0.25, 0.3) is 0 Å². The molecular formula is C14H17N3O3. The highest BCUT2D eigenvalue weighted by Crippen LogP contribution is 2.16. The van der Waals surface area contributed by atoms with Crippen LogP contribution >= 0.6 is 0 Å². The van der Waals surface area contributed by atoms with Crippen LogP contribution in [0.15, 0.2) is 18.2 Å². The zero-order chi connectivity index (χ0) is 15.0. The fourth-order valence-corrected chi connectivity index (χ4v) is 1.51. The first-order chi connectivity index (χ1) is 9.62. The fourth-order valence-electron chi connectivity index (χ4n) is 1.51. The highest BCUT2D eigenvalue weighted by atomic mass is 16.5. The van der Waals surface area contributed by atoms with E-state index >= 15 is 0 Å². The molecule has 0 spiro atoms. The molecule has 1 aromatic rings. The van der Waals surface area contributed by atoms with E-state index in [1.165, 1.54) is 13.2 Å². The summed E-state index contributed by atoms with van der Waals surface area (Å²) in [6, 6.07) is 4.80. The number of amides is 1. The van der Waals surface area contributed by atoms with E-state index in [1.807, 2.05) is 0 Å². The van der Waals surface area contributed by atoms with E-state index in [0.717, 1.165) is 0 Å². The van der Waals surface area contributed by atoms with Gasteiger partial charge in [-0.1, -0.05) is 11.8 Å². The van der Waals surface area contributed by atoms with Gasteiger partial charge in [-0.15, -0.1) is 0 Å². The largest absolute Gasteiger partial charge is 0.465 e. The summed E-state index contributed by atoms with van der Waals surface area (Å²) in [7, 11) is 1.28. The zero-order valence-corrected chi connectivity index (χ0v) is 11.2. The zero-order valence-electron chi connectivity index (χ0n) is 11.2. The van der Waals surface area contributed by atoms with E-state index in [2.05, 4.69) is 17.2 Å². The van der Waals surface area contributed by atoms with Crippen LogP contribution in [0, 0.1) is 11.8 Å². The topological polar surface area (TPSA) is 107 Å². The Morgan fingerprint density at radius 2 is 2.10 bits per heavy atom. The molecule has 1 amide bonds. The van der Waals surface area contributed by atoms with Crippen LogP contribution in [0.5, 0.6) is 0 Å². The van der Waals surface area contributed by atoms with Gasteiger partial charge in [-0.3, -0.25) is 4.79 Å². The van der Waals surface area contributed by atoms with Gasteiger partial charge in [0.15, 0.2) is 0 Å². The van der Waals surface area contributed by atoms with Crippen molar-refractivity contribution in [2.24, 2.45) is 11.5 Å². The van der Waals surface area contributed by atoms with Crippen molar-refractivity contribution in [3.05, 3.63) is 29.3 Å². The molecule has 6 heteroatoms. The number of esters is 1. The maximum atomic E-state index is 11.7. The van der Waals surface area contributed by atoms with E-state index in [1.54, 1.807) is 12.1 Å². The third-order valence-corrected chi connectivity index (χ3v) is 2.41. The van der Waals surface area contributed by atoms with Gasteiger partial charge < -0.3 is 21.5 Å². The highest BCUT2D eigenvalue weighted by Gasteiger charge is 2.12. The van der Waals surface area contributed by atoms with E-state index < -0.39 is 5.97 Å². The summed E-state index contributed by atoms with van der Waals surface area (Å²) in [4.78, 5) is 23.2. The Morgan fingerprint density at radius 3 is 2.70 bits per heavy atom. The maximum Gasteiger partial charge on any atom is 0.339 e. The van der Waals surface area contributed by atoms with Gasteiger partial charge in [0.05, 0.1) is 19.2 Å². The minimum atomic E-state index is -0.527. The van der Waals surface area contributed by atoms with Gasteiger partial charge in [-0.2, -0.15) is 0 Å². The lowest BCUT2D eigenvalue weighted by atomic mass is 10.1. The molecule has 0 atom stereocenters. The van der Waals surface area contributed by atoms with Crippen molar-refractivity contribution in [3.63, 3.8) is 0 Å². The summed E-state index contributed by atoms with van der Waals surface area (Å²) in [6.07, 6.45) is 0.211. The summed E-state index contributed by atoms with van der Waals surface area (Å²) >= 11 is 0. The van der Waals surface area contributed by atoms with E-state index in [-0.39, 0.29) is 31.0 Å². The monoisotopic (exact) mass is 275 g/mol. The van der Waals surface area contributed by atoms with Crippen molar-refractivity contribution in [1.82, 2.24) is 0 Å². The van der Waals surface area contributed by atoms with Crippen LogP contribution in [-0.2, 0) is 9.53 Å². The Balaban J connectivity index is 3.07. The van der Waals surface area contributed by atoms with Gasteiger partial charge in [0.1, 0.15) is 0 Å². The number of hydrogen-bond acceptors (Lipinski definition) is 5. The first kappa shape index (κ1) is 15.7. The van der Waals surface area contributed by atoms with Gasteiger partial charge in [-0.05, 0) is 18.2 Å². The number of benzene rings is 1. The molecule has 0 aliphatic carbocycles. The first-order valence-corrected chi connectivity index (χ1v) is 6.03. The third kappa shape index (κ3) is 4.39. The second kappa shape index (κ2) is 7.94. The lowest BCUT2D eigenvalue weighted by molar-refractivity contribution is -0.116. The Bertz CT molecular complexity index is 559. The number of carbonyl (C=O) groups excluding carboxylic acids is 2. The predicted molar refractivity (Wildman–Crippen MR) is 76.0 cm³/mol. The molecule has 1 aromatic carbocycles. The fraction of sp³-hybridized carbons (Fsp3) is 0.286. The van der Waals surface area contributed by atoms with Crippen LogP contribution in [-0.4, -0.2) is 32.1 Å². The van der Waals surface area contributed by atoms with Crippen LogP contribution in [0.1, 0.15) is 22.3 Å². The lowest BCUT2D eigenvalue weighted by Crippen LogP contribution is -2.16. The molecule has 0 fully saturated rings. The minimum absolute atomic E-state index is 0.190. The minimum Gasteiger partial charge on any atom is -0.465 e. The molecule has 0 aliphatic heterocycles. The third-order valence-electron chi connectivity index (χ3n) is 2.41. The van der Waals surface area contributed by atoms with Crippen LogP contribution < -0.4 is 16.8 Å². The van der Waals surface area contributed by atoms with Crippen molar-refractivity contribution < 1.29 is 14.3 Å². The standard InChI is InChI=1S/C14H17N3O3/c1-20-14(19)12-9-11(17-13(18)6-8-16)5-4-10(12)3-2-7-15/h4-5,9H,6-8,15-16H2,1H3,(H,17,18). The summed E-state index contributed by atoms with van der Waals surface area (Å²) in [5.74, 6) is 4.71. The molecule has 20 heavy (non-hydrogen) atoms. The first-order valence-electron chi connectivity index (χ1n) is 6.03. The summed E-state index contributed by atoms with van der Waals surface area (Å²) < 4.78 is 4.69. The molecule has 0 radical (unpaired) electrons. The second-order valence-corrected chi connectivity index (χ2v) is 3.84. The summed E-state index contributed by atoms with van der Waals surface area (Å²) in [6.45, 7) is 0.450. The highest BCUT2D eigenvalue weighted by molar-refractivity contribution is 5.96. The Morgan fingerprint density at radius 1 is 1.35 bits per heavy atom. The molecular weight excluding hydrogens is 258 g/mol. The smallest absolute Gasteiger partial charge is 0.339 e. The molecule has 0 aromatic heterocycles. The number of nitrogens with two attached hydrogens (primary N) is 2. The molecule has 106 valence electrons. The van der Waals surface area contributed by atoms with Crippen molar-refractivity contribution in [3.8, 4) is 11.8 Å². The van der Waals surface area contributed by atoms with Crippen LogP contribution in [0.2, 0.25) is 0 Å². The van der Waals surface area contributed by atoms with E-state index in [4.69, 9.17) is 16.2 Å². The molecule has 5 N–H and O–H groups in total. The second-order valence-electron chi connectivity index (χ2n) is 3.84. The summed E-state index contributed by atoms with van der Waals surface area (Å²) in [5, 5.41) is 2.65. The van der Waals surface area contributed by atoms with Crippen molar-refractivity contribution in [1.29, 1.82) is 0 Å². The lowest BCUT2D eigenvalue weighted by Gasteiger charge is -2.08. The van der Waals surface area contributed by atoms with Gasteiger partial charge >= 0.3 is 5.97 Å². The Hall–Kier alpha value is -2.36. The van der Waals surface area contributed by atoms with Gasteiger partial charge in [-0.25, -0.2) is 4.79 Å². The number of nitrogens with one attached hydrogen (secondary N) is 1. The normalized spacial score (nSPS) is 9.35. The molecule has 0 unspecified atom stereocenters. The van der Waals surface area contributed by atoms with Crippen molar-refractivity contribution >= 4 is 17.6 Å². The maximum absolute atomic E-state index is 11.7. The van der Waals surface area contributed by atoms with Gasteiger partial charge in [0.25, 0.3) is 0 Å². The molecule has 0 heterocycles.